The molecule has 0 aliphatic carbocycles. The van der Waals surface area contributed by atoms with Crippen LogP contribution in [-0.2, 0) is 16.5 Å². The van der Waals surface area contributed by atoms with Crippen LogP contribution in [-0.4, -0.2) is 16.7 Å². The number of hydrogen-bond acceptors (Lipinski definition) is 1. The third-order valence-electron chi connectivity index (χ3n) is 2.99. The summed E-state index contributed by atoms with van der Waals surface area (Å²) in [5, 5.41) is 2.98. The molecule has 0 fully saturated rings. The van der Waals surface area contributed by atoms with E-state index in [4.69, 9.17) is 18.8 Å². The van der Waals surface area contributed by atoms with Gasteiger partial charge in [-0.1, -0.05) is 81.4 Å². The third-order valence-corrected chi connectivity index (χ3v) is 7.08. The van der Waals surface area contributed by atoms with Gasteiger partial charge in [0.1, 0.15) is 0 Å². The van der Waals surface area contributed by atoms with Crippen molar-refractivity contribution in [3.05, 3.63) is 60.7 Å². The first-order valence-corrected chi connectivity index (χ1v) is 15.5. The van der Waals surface area contributed by atoms with E-state index in [0.717, 1.165) is 0 Å². The Hall–Kier alpha value is 0.488. The molecule has 0 N–H and O–H groups in total. The molecule has 2 aromatic carbocycles. The van der Waals surface area contributed by atoms with Crippen LogP contribution in [0.1, 0.15) is 20.8 Å². The van der Waals surface area contributed by atoms with Gasteiger partial charge in [-0.2, -0.15) is 11.8 Å². The van der Waals surface area contributed by atoms with Crippen LogP contribution < -0.4 is 10.6 Å². The van der Waals surface area contributed by atoms with E-state index >= 15 is 0 Å². The quantitative estimate of drug-likeness (QED) is 0.398. The van der Waals surface area contributed by atoms with Gasteiger partial charge >= 0.3 is 35.3 Å². The van der Waals surface area contributed by atoms with Crippen molar-refractivity contribution in [2.24, 2.45) is 0 Å². The van der Waals surface area contributed by atoms with Crippen LogP contribution in [0.15, 0.2) is 60.7 Å². The van der Waals surface area contributed by atoms with E-state index in [0.29, 0.717) is 4.75 Å². The molecule has 0 atom stereocenters. The van der Waals surface area contributed by atoms with Crippen LogP contribution in [0.4, 0.5) is 0 Å². The minimum absolute atomic E-state index is 0.225. The van der Waals surface area contributed by atoms with E-state index in [9.17, 15) is 0 Å². The average molecular weight is 568 g/mol. The number of hydrogen-bond donors (Lipinski definition) is 0. The molecule has 0 nitrogen and oxygen atoms in total. The Morgan fingerprint density at radius 2 is 1.26 bits per heavy atom. The molecule has 0 aliphatic rings. The van der Waals surface area contributed by atoms with Crippen LogP contribution in [0.25, 0.3) is 0 Å². The van der Waals surface area contributed by atoms with Gasteiger partial charge in [0.25, 0.3) is 0 Å². The molecule has 2 rings (SSSR count). The second-order valence-electron chi connectivity index (χ2n) is 5.83. The summed E-state index contributed by atoms with van der Waals surface area (Å²) in [5.74, 6) is 1.22. The Morgan fingerprint density at radius 3 is 1.61 bits per heavy atom. The van der Waals surface area contributed by atoms with Gasteiger partial charge in [0.15, 0.2) is 0 Å². The van der Waals surface area contributed by atoms with Crippen molar-refractivity contribution in [2.75, 3.05) is 11.9 Å². The Morgan fingerprint density at radius 1 is 0.870 bits per heavy atom. The zero-order valence-corrected chi connectivity index (χ0v) is 19.1. The zero-order valence-electron chi connectivity index (χ0n) is 13.6. The summed E-state index contributed by atoms with van der Waals surface area (Å²) in [5.41, 5.74) is 0. The molecule has 0 unspecified atom stereocenters. The number of halogens is 2. The Balaban J connectivity index is 0.000000816. The predicted octanol–water partition coefficient (Wildman–Crippen LogP) is 6.03. The molecule has 0 amide bonds. The topological polar surface area (TPSA) is 0 Å². The Labute approximate surface area is 162 Å². The second kappa shape index (κ2) is 11.9. The number of benzene rings is 2. The van der Waals surface area contributed by atoms with Gasteiger partial charge in [0.2, 0.25) is 0 Å². The first-order valence-electron chi connectivity index (χ1n) is 7.32. The Kier molecular flexibility index (Phi) is 11.2. The van der Waals surface area contributed by atoms with Crippen molar-refractivity contribution in [3.63, 3.8) is 0 Å². The first kappa shape index (κ1) is 21.5. The molecule has 0 bridgehead atoms. The monoisotopic (exact) mass is 567 g/mol. The van der Waals surface area contributed by atoms with Gasteiger partial charge in [-0.25, -0.2) is 0 Å². The maximum absolute atomic E-state index is 4.88. The fourth-order valence-corrected chi connectivity index (χ4v) is 5.65. The molecule has 5 heteroatoms. The number of rotatable bonds is 5. The molecule has 0 aliphatic heterocycles. The van der Waals surface area contributed by atoms with Crippen molar-refractivity contribution in [3.8, 4) is 0 Å². The van der Waals surface area contributed by atoms with Crippen LogP contribution in [0.5, 0.6) is 0 Å². The summed E-state index contributed by atoms with van der Waals surface area (Å²) >= 11 is 1.60. The predicted molar refractivity (Wildman–Crippen MR) is 108 cm³/mol. The first-order chi connectivity index (χ1) is 11.0. The van der Waals surface area contributed by atoms with Gasteiger partial charge in [0.05, 0.1) is 0 Å². The van der Waals surface area contributed by atoms with E-state index < -0.39 is 16.5 Å². The number of thioether (sulfide) groups is 1. The van der Waals surface area contributed by atoms with Crippen LogP contribution >= 0.6 is 38.5 Å². The summed E-state index contributed by atoms with van der Waals surface area (Å²) in [6.07, 6.45) is 1.26. The average Bonchev–Trinajstić information content (AvgIpc) is 2.53. The third kappa shape index (κ3) is 9.52. The van der Waals surface area contributed by atoms with Crippen LogP contribution in [0, 0.1) is 0 Å². The fraction of sp³-hybridized carbons (Fsp3) is 0.333. The molecule has 0 aromatic heterocycles. The van der Waals surface area contributed by atoms with E-state index in [1.807, 2.05) is 0 Å². The van der Waals surface area contributed by atoms with Crippen molar-refractivity contribution < 1.29 is 16.5 Å². The van der Waals surface area contributed by atoms with Crippen LogP contribution in [0.3, 0.4) is 0 Å². The summed E-state index contributed by atoms with van der Waals surface area (Å²) in [7, 11) is 9.53. The van der Waals surface area contributed by atoms with Gasteiger partial charge < -0.3 is 0 Å². The fourth-order valence-electron chi connectivity index (χ4n) is 2.07. The molecule has 0 spiro atoms. The van der Waals surface area contributed by atoms with E-state index in [1.54, 1.807) is 0 Å². The summed E-state index contributed by atoms with van der Waals surface area (Å²) in [4.78, 5) is 0. The van der Waals surface area contributed by atoms with Crippen LogP contribution in [0.2, 0.25) is 0 Å². The molecular weight excluding hydrogens is 545 g/mol. The Bertz CT molecular complexity index is 492. The van der Waals surface area contributed by atoms with Crippen molar-refractivity contribution in [1.29, 1.82) is 0 Å². The molecular formula is C18H23Cl2PPtS. The van der Waals surface area contributed by atoms with Crippen molar-refractivity contribution in [1.82, 2.24) is 0 Å². The standard InChI is InChI=1S/C18H23PS.2ClH.Pt/c1-18(2,3)20-15-14-19(16-10-6-4-7-11-16)17-12-8-5-9-13-17;;;/h4-13H,14-15H2,1-3H3;2*1H;/q;;;+2/p-2. The summed E-state index contributed by atoms with van der Waals surface area (Å²) in [6, 6.07) is 21.9. The van der Waals surface area contributed by atoms with Gasteiger partial charge in [-0.15, -0.1) is 0 Å². The van der Waals surface area contributed by atoms with Gasteiger partial charge in [-0.05, 0) is 30.4 Å². The second-order valence-corrected chi connectivity index (χ2v) is 13.4. The van der Waals surface area contributed by atoms with Gasteiger partial charge in [0, 0.05) is 4.75 Å². The zero-order chi connectivity index (χ0) is 17.1. The molecule has 0 saturated carbocycles. The summed E-state index contributed by atoms with van der Waals surface area (Å²) < 4.78 is 0.356. The van der Waals surface area contributed by atoms with E-state index in [2.05, 4.69) is 93.2 Å². The molecule has 0 heterocycles. The molecule has 2 aromatic rings. The molecule has 23 heavy (non-hydrogen) atoms. The van der Waals surface area contributed by atoms with E-state index in [1.165, 1.54) is 22.5 Å². The SMILES string of the molecule is CC(C)(C)SCCP(c1ccccc1)c1ccccc1.[Cl][Pt][Cl]. The summed E-state index contributed by atoms with van der Waals surface area (Å²) in [6.45, 7) is 6.89. The maximum atomic E-state index is 4.88. The molecule has 130 valence electrons. The van der Waals surface area contributed by atoms with Crippen molar-refractivity contribution >= 4 is 49.1 Å². The van der Waals surface area contributed by atoms with Gasteiger partial charge in [-0.3, -0.25) is 0 Å². The van der Waals surface area contributed by atoms with Crippen molar-refractivity contribution in [2.45, 2.75) is 25.5 Å². The van der Waals surface area contributed by atoms with E-state index in [-0.39, 0.29) is 7.92 Å². The minimum atomic E-state index is -0.472. The molecule has 0 radical (unpaired) electrons. The molecule has 0 saturated heterocycles. The normalized spacial score (nSPS) is 11.2.